The van der Waals surface area contributed by atoms with Crippen molar-refractivity contribution in [3.63, 3.8) is 0 Å². The second kappa shape index (κ2) is 3.86. The van der Waals surface area contributed by atoms with Crippen LogP contribution in [-0.2, 0) is 0 Å². The summed E-state index contributed by atoms with van der Waals surface area (Å²) in [5.41, 5.74) is 12.0. The number of nitrogen functional groups attached to an aromatic ring is 1. The standard InChI is InChI=1S/C16H20N2O/c1-9-5-6-11(7-10(9)2)13-14(18-19-15(13)17)12-8-16(12,3)4/h5-7,12H,8,17H2,1-4H3. The van der Waals surface area contributed by atoms with E-state index < -0.39 is 0 Å². The zero-order valence-corrected chi connectivity index (χ0v) is 11.9. The van der Waals surface area contributed by atoms with Crippen LogP contribution < -0.4 is 5.73 Å². The maximum Gasteiger partial charge on any atom is 0.230 e. The number of nitrogens with two attached hydrogens (primary N) is 1. The fourth-order valence-corrected chi connectivity index (χ4v) is 2.67. The second-order valence-corrected chi connectivity index (χ2v) is 6.35. The van der Waals surface area contributed by atoms with Crippen molar-refractivity contribution in [1.29, 1.82) is 0 Å². The molecule has 1 aromatic carbocycles. The van der Waals surface area contributed by atoms with Crippen molar-refractivity contribution in [3.05, 3.63) is 35.0 Å². The van der Waals surface area contributed by atoms with Gasteiger partial charge < -0.3 is 10.3 Å². The van der Waals surface area contributed by atoms with Gasteiger partial charge in [0.25, 0.3) is 0 Å². The van der Waals surface area contributed by atoms with Crippen molar-refractivity contribution < 1.29 is 4.52 Å². The molecule has 0 radical (unpaired) electrons. The molecule has 3 rings (SSSR count). The zero-order valence-electron chi connectivity index (χ0n) is 11.9. The maximum absolute atomic E-state index is 5.99. The van der Waals surface area contributed by atoms with Gasteiger partial charge in [-0.25, -0.2) is 0 Å². The van der Waals surface area contributed by atoms with Gasteiger partial charge in [-0.05, 0) is 42.4 Å². The Morgan fingerprint density at radius 2 is 1.95 bits per heavy atom. The molecule has 1 atom stereocenters. The van der Waals surface area contributed by atoms with Crippen LogP contribution in [0.3, 0.4) is 0 Å². The van der Waals surface area contributed by atoms with E-state index in [4.69, 9.17) is 10.3 Å². The van der Waals surface area contributed by atoms with Gasteiger partial charge in [0.2, 0.25) is 5.88 Å². The first kappa shape index (κ1) is 12.3. The summed E-state index contributed by atoms with van der Waals surface area (Å²) >= 11 is 0. The minimum atomic E-state index is 0.317. The molecule has 1 unspecified atom stereocenters. The molecule has 0 aliphatic heterocycles. The highest BCUT2D eigenvalue weighted by Gasteiger charge is 2.49. The Balaban J connectivity index is 2.09. The maximum atomic E-state index is 5.99. The van der Waals surface area contributed by atoms with Gasteiger partial charge in [-0.2, -0.15) is 0 Å². The van der Waals surface area contributed by atoms with E-state index in [9.17, 15) is 0 Å². The Morgan fingerprint density at radius 1 is 1.26 bits per heavy atom. The van der Waals surface area contributed by atoms with Crippen molar-refractivity contribution in [2.24, 2.45) is 5.41 Å². The monoisotopic (exact) mass is 256 g/mol. The largest absolute Gasteiger partial charge is 0.367 e. The van der Waals surface area contributed by atoms with Crippen LogP contribution in [0.15, 0.2) is 22.7 Å². The molecule has 0 bridgehead atoms. The molecule has 2 aromatic rings. The fraction of sp³-hybridized carbons (Fsp3) is 0.438. The van der Waals surface area contributed by atoms with E-state index in [1.807, 2.05) is 0 Å². The van der Waals surface area contributed by atoms with Crippen molar-refractivity contribution in [1.82, 2.24) is 5.16 Å². The molecule has 19 heavy (non-hydrogen) atoms. The Hall–Kier alpha value is -1.77. The van der Waals surface area contributed by atoms with Crippen LogP contribution >= 0.6 is 0 Å². The van der Waals surface area contributed by atoms with E-state index in [2.05, 4.69) is 51.1 Å². The van der Waals surface area contributed by atoms with Gasteiger partial charge in [0.05, 0.1) is 11.3 Å². The lowest BCUT2D eigenvalue weighted by Crippen LogP contribution is -1.94. The van der Waals surface area contributed by atoms with Crippen molar-refractivity contribution in [2.75, 3.05) is 5.73 Å². The number of rotatable bonds is 2. The minimum Gasteiger partial charge on any atom is -0.367 e. The predicted molar refractivity (Wildman–Crippen MR) is 77.0 cm³/mol. The van der Waals surface area contributed by atoms with Crippen LogP contribution in [0.5, 0.6) is 0 Å². The number of hydrogen-bond donors (Lipinski definition) is 1. The molecule has 0 spiro atoms. The number of hydrogen-bond acceptors (Lipinski definition) is 3. The lowest BCUT2D eigenvalue weighted by molar-refractivity contribution is 0.424. The molecule has 3 heteroatoms. The molecule has 2 N–H and O–H groups in total. The van der Waals surface area contributed by atoms with Crippen LogP contribution in [0.4, 0.5) is 5.88 Å². The highest BCUT2D eigenvalue weighted by molar-refractivity contribution is 5.76. The van der Waals surface area contributed by atoms with E-state index in [1.54, 1.807) is 0 Å². The molecular formula is C16H20N2O. The smallest absolute Gasteiger partial charge is 0.230 e. The highest BCUT2D eigenvalue weighted by atomic mass is 16.5. The van der Waals surface area contributed by atoms with Gasteiger partial charge >= 0.3 is 0 Å². The normalized spacial score (nSPS) is 20.5. The van der Waals surface area contributed by atoms with E-state index >= 15 is 0 Å². The van der Waals surface area contributed by atoms with Crippen molar-refractivity contribution >= 4 is 5.88 Å². The summed E-state index contributed by atoms with van der Waals surface area (Å²) in [6.07, 6.45) is 1.15. The molecule has 0 saturated heterocycles. The lowest BCUT2D eigenvalue weighted by Gasteiger charge is -2.07. The van der Waals surface area contributed by atoms with E-state index in [-0.39, 0.29) is 0 Å². The average Bonchev–Trinajstić information content (AvgIpc) is 2.80. The van der Waals surface area contributed by atoms with E-state index in [0.29, 0.717) is 17.2 Å². The minimum absolute atomic E-state index is 0.317. The quantitative estimate of drug-likeness (QED) is 0.881. The molecular weight excluding hydrogens is 236 g/mol. The lowest BCUT2D eigenvalue weighted by atomic mass is 9.97. The van der Waals surface area contributed by atoms with Crippen molar-refractivity contribution in [3.8, 4) is 11.1 Å². The van der Waals surface area contributed by atoms with Crippen LogP contribution in [0, 0.1) is 19.3 Å². The van der Waals surface area contributed by atoms with E-state index in [1.165, 1.54) is 11.1 Å². The number of anilines is 1. The molecule has 3 nitrogen and oxygen atoms in total. The third-order valence-electron chi connectivity index (χ3n) is 4.38. The third kappa shape index (κ3) is 1.93. The van der Waals surface area contributed by atoms with Gasteiger partial charge in [-0.1, -0.05) is 37.2 Å². The molecule has 1 heterocycles. The zero-order chi connectivity index (χ0) is 13.8. The molecule has 0 amide bonds. The number of benzene rings is 1. The summed E-state index contributed by atoms with van der Waals surface area (Å²) in [7, 11) is 0. The molecule has 1 aliphatic carbocycles. The molecule has 1 fully saturated rings. The van der Waals surface area contributed by atoms with Gasteiger partial charge in [-0.3, -0.25) is 0 Å². The molecule has 100 valence electrons. The Labute approximate surface area is 113 Å². The first-order valence-electron chi connectivity index (χ1n) is 6.73. The Morgan fingerprint density at radius 3 is 2.53 bits per heavy atom. The SMILES string of the molecule is Cc1ccc(-c2c(C3CC3(C)C)noc2N)cc1C. The summed E-state index contributed by atoms with van der Waals surface area (Å²) in [6.45, 7) is 8.74. The topological polar surface area (TPSA) is 52.0 Å². The van der Waals surface area contributed by atoms with Crippen LogP contribution in [-0.4, -0.2) is 5.16 Å². The Bertz CT molecular complexity index is 640. The average molecular weight is 256 g/mol. The van der Waals surface area contributed by atoms with Crippen molar-refractivity contribution in [2.45, 2.75) is 40.0 Å². The molecule has 1 saturated carbocycles. The third-order valence-corrected chi connectivity index (χ3v) is 4.38. The number of aromatic nitrogens is 1. The summed E-state index contributed by atoms with van der Waals surface area (Å²) in [5, 5.41) is 4.20. The van der Waals surface area contributed by atoms with Crippen LogP contribution in [0.25, 0.3) is 11.1 Å². The van der Waals surface area contributed by atoms with Crippen LogP contribution in [0.1, 0.15) is 43.0 Å². The Kier molecular flexibility index (Phi) is 2.49. The fourth-order valence-electron chi connectivity index (χ4n) is 2.67. The van der Waals surface area contributed by atoms with Gasteiger partial charge in [0.15, 0.2) is 0 Å². The first-order valence-corrected chi connectivity index (χ1v) is 6.73. The van der Waals surface area contributed by atoms with Crippen LogP contribution in [0.2, 0.25) is 0 Å². The van der Waals surface area contributed by atoms with E-state index in [0.717, 1.165) is 23.2 Å². The predicted octanol–water partition coefficient (Wildman–Crippen LogP) is 4.05. The number of aryl methyl sites for hydroxylation is 2. The summed E-state index contributed by atoms with van der Waals surface area (Å²) in [5.74, 6) is 0.895. The second-order valence-electron chi connectivity index (χ2n) is 6.35. The van der Waals surface area contributed by atoms with Gasteiger partial charge in [0.1, 0.15) is 0 Å². The summed E-state index contributed by atoms with van der Waals surface area (Å²) < 4.78 is 5.24. The van der Waals surface area contributed by atoms with Gasteiger partial charge in [-0.15, -0.1) is 0 Å². The number of nitrogens with zero attached hydrogens (tertiary/aromatic N) is 1. The molecule has 1 aromatic heterocycles. The summed E-state index contributed by atoms with van der Waals surface area (Å²) in [4.78, 5) is 0. The molecule has 1 aliphatic rings. The summed E-state index contributed by atoms with van der Waals surface area (Å²) in [6, 6.07) is 6.39. The highest BCUT2D eigenvalue weighted by Crippen LogP contribution is 2.60. The first-order chi connectivity index (χ1) is 8.90. The van der Waals surface area contributed by atoms with Gasteiger partial charge in [0, 0.05) is 5.92 Å².